The highest BCUT2D eigenvalue weighted by atomic mass is 35.5. The Morgan fingerprint density at radius 2 is 1.89 bits per heavy atom. The van der Waals surface area contributed by atoms with Crippen molar-refractivity contribution in [2.24, 2.45) is 0 Å². The predicted molar refractivity (Wildman–Crippen MR) is 100 cm³/mol. The molecule has 0 N–H and O–H groups in total. The number of nitriles is 1. The molecule has 1 saturated heterocycles. The Bertz CT molecular complexity index is 1070. The predicted octanol–water partition coefficient (Wildman–Crippen LogP) is 1.44. The summed E-state index contributed by atoms with van der Waals surface area (Å²) in [6.45, 7) is 1.83. The molecule has 0 bridgehead atoms. The molecule has 3 heterocycles. The Morgan fingerprint density at radius 1 is 1.18 bits per heavy atom. The summed E-state index contributed by atoms with van der Waals surface area (Å²) in [4.78, 5) is 5.66. The average molecular weight is 404 g/mol. The Morgan fingerprint density at radius 3 is 2.54 bits per heavy atom. The van der Waals surface area contributed by atoms with E-state index in [-0.39, 0.29) is 40.5 Å². The fraction of sp³-hybridized carbons (Fsp3) is 0.222. The average Bonchev–Trinajstić information content (AvgIpc) is 2.71. The number of halogens is 2. The van der Waals surface area contributed by atoms with Crippen molar-refractivity contribution in [3.05, 3.63) is 58.6 Å². The highest BCUT2D eigenvalue weighted by Crippen LogP contribution is 2.26. The minimum absolute atomic E-state index is 0. The standard InChI is InChI=1S/C18H14FN5O3.ClH/c19-13-8-15-16(9-14(13)22-4-6-27-7-5-22)23(25)17(10-20)18(24(15)26)12-2-1-3-21-11-12;/h1-3,8-9,11H,4-7H2;1H. The van der Waals surface area contributed by atoms with Gasteiger partial charge in [0.15, 0.2) is 11.9 Å². The third kappa shape index (κ3) is 3.13. The molecule has 144 valence electrons. The third-order valence-corrected chi connectivity index (χ3v) is 4.50. The zero-order valence-corrected chi connectivity index (χ0v) is 15.4. The minimum Gasteiger partial charge on any atom is -0.617 e. The number of morpholine rings is 1. The van der Waals surface area contributed by atoms with Gasteiger partial charge in [0, 0.05) is 31.5 Å². The van der Waals surface area contributed by atoms with Crippen molar-refractivity contribution in [2.75, 3.05) is 31.2 Å². The second-order valence-corrected chi connectivity index (χ2v) is 6.03. The van der Waals surface area contributed by atoms with E-state index in [9.17, 15) is 20.1 Å². The van der Waals surface area contributed by atoms with Crippen molar-refractivity contribution in [3.8, 4) is 17.3 Å². The van der Waals surface area contributed by atoms with Crippen LogP contribution in [0.15, 0.2) is 36.7 Å². The van der Waals surface area contributed by atoms with Gasteiger partial charge in [-0.3, -0.25) is 4.98 Å². The van der Waals surface area contributed by atoms with Gasteiger partial charge in [-0.25, -0.2) is 4.39 Å². The van der Waals surface area contributed by atoms with Crippen LogP contribution < -0.4 is 14.4 Å². The van der Waals surface area contributed by atoms with Gasteiger partial charge >= 0.3 is 11.4 Å². The molecule has 0 radical (unpaired) electrons. The zero-order valence-electron chi connectivity index (χ0n) is 14.5. The van der Waals surface area contributed by atoms with Crippen LogP contribution in [-0.4, -0.2) is 31.3 Å². The van der Waals surface area contributed by atoms with E-state index in [0.29, 0.717) is 41.3 Å². The minimum atomic E-state index is -0.615. The Kier molecular flexibility index (Phi) is 5.44. The maximum atomic E-state index is 14.7. The van der Waals surface area contributed by atoms with Crippen molar-refractivity contribution >= 4 is 29.1 Å². The first-order valence-electron chi connectivity index (χ1n) is 8.27. The largest absolute Gasteiger partial charge is 0.617 e. The van der Waals surface area contributed by atoms with Crippen LogP contribution in [0.4, 0.5) is 10.1 Å². The van der Waals surface area contributed by atoms with E-state index < -0.39 is 5.82 Å². The first kappa shape index (κ1) is 19.5. The van der Waals surface area contributed by atoms with Crippen molar-refractivity contribution in [1.29, 1.82) is 5.26 Å². The molecule has 28 heavy (non-hydrogen) atoms. The summed E-state index contributed by atoms with van der Waals surface area (Å²) in [7, 11) is 0. The van der Waals surface area contributed by atoms with E-state index in [4.69, 9.17) is 4.74 Å². The van der Waals surface area contributed by atoms with Crippen molar-refractivity contribution in [3.63, 3.8) is 0 Å². The van der Waals surface area contributed by atoms with Gasteiger partial charge in [-0.1, -0.05) is 0 Å². The van der Waals surface area contributed by atoms with Gasteiger partial charge in [-0.05, 0) is 12.1 Å². The summed E-state index contributed by atoms with van der Waals surface area (Å²) in [6.07, 6.45) is 2.88. The molecule has 4 rings (SSSR count). The molecule has 0 unspecified atom stereocenters. The number of anilines is 1. The molecule has 0 amide bonds. The van der Waals surface area contributed by atoms with Gasteiger partial charge < -0.3 is 20.1 Å². The number of ether oxygens (including phenoxy) is 1. The fourth-order valence-corrected chi connectivity index (χ4v) is 3.20. The lowest BCUT2D eigenvalue weighted by atomic mass is 10.1. The monoisotopic (exact) mass is 403 g/mol. The van der Waals surface area contributed by atoms with E-state index in [0.717, 1.165) is 6.07 Å². The maximum absolute atomic E-state index is 14.7. The second kappa shape index (κ2) is 7.80. The van der Waals surface area contributed by atoms with E-state index in [1.54, 1.807) is 23.1 Å². The quantitative estimate of drug-likeness (QED) is 0.474. The van der Waals surface area contributed by atoms with Crippen LogP contribution >= 0.6 is 12.4 Å². The van der Waals surface area contributed by atoms with Crippen LogP contribution in [0.1, 0.15) is 5.69 Å². The number of aromatic nitrogens is 3. The van der Waals surface area contributed by atoms with E-state index >= 15 is 0 Å². The fourth-order valence-electron chi connectivity index (χ4n) is 3.20. The first-order chi connectivity index (χ1) is 13.1. The summed E-state index contributed by atoms with van der Waals surface area (Å²) >= 11 is 0. The van der Waals surface area contributed by atoms with E-state index in [2.05, 4.69) is 4.98 Å². The lowest BCUT2D eigenvalue weighted by Gasteiger charge is -2.28. The molecule has 10 heteroatoms. The molecular formula is C18H15ClFN5O3. The lowest BCUT2D eigenvalue weighted by Crippen LogP contribution is -2.44. The summed E-state index contributed by atoms with van der Waals surface area (Å²) < 4.78 is 20.7. The Labute approximate surface area is 165 Å². The number of hydrogen-bond donors (Lipinski definition) is 0. The smallest absolute Gasteiger partial charge is 0.369 e. The zero-order chi connectivity index (χ0) is 19.0. The van der Waals surface area contributed by atoms with Crippen LogP contribution in [0.25, 0.3) is 22.3 Å². The lowest BCUT2D eigenvalue weighted by molar-refractivity contribution is -0.622. The van der Waals surface area contributed by atoms with Gasteiger partial charge in [0.2, 0.25) is 0 Å². The number of pyridine rings is 1. The normalized spacial score (nSPS) is 13.8. The molecule has 2 aromatic heterocycles. The van der Waals surface area contributed by atoms with Crippen LogP contribution in [-0.2, 0) is 4.74 Å². The Balaban J connectivity index is 0.00000225. The van der Waals surface area contributed by atoms with Gasteiger partial charge in [0.1, 0.15) is 0 Å². The van der Waals surface area contributed by atoms with Crippen LogP contribution in [0.2, 0.25) is 0 Å². The van der Waals surface area contributed by atoms with Gasteiger partial charge in [-0.15, -0.1) is 17.1 Å². The first-order valence-corrected chi connectivity index (χ1v) is 8.27. The molecule has 1 aliphatic rings. The molecule has 8 nitrogen and oxygen atoms in total. The topological polar surface area (TPSA) is 103 Å². The Hall–Kier alpha value is -3.22. The van der Waals surface area contributed by atoms with Crippen LogP contribution in [0.3, 0.4) is 0 Å². The van der Waals surface area contributed by atoms with Gasteiger partial charge in [-0.2, -0.15) is 9.99 Å². The highest BCUT2D eigenvalue weighted by Gasteiger charge is 2.31. The van der Waals surface area contributed by atoms with Crippen LogP contribution in [0, 0.1) is 27.6 Å². The highest BCUT2D eigenvalue weighted by molar-refractivity contribution is 5.85. The number of rotatable bonds is 2. The number of fused-ring (bicyclic) bond motifs is 1. The summed E-state index contributed by atoms with van der Waals surface area (Å²) in [6, 6.07) is 7.26. The molecule has 0 saturated carbocycles. The van der Waals surface area contributed by atoms with Crippen molar-refractivity contribution < 1.29 is 18.6 Å². The molecular weight excluding hydrogens is 389 g/mol. The summed E-state index contributed by atoms with van der Waals surface area (Å²) in [5.41, 5.74) is -0.257. The van der Waals surface area contributed by atoms with E-state index in [1.807, 2.05) is 0 Å². The molecule has 3 aromatic rings. The maximum Gasteiger partial charge on any atom is 0.369 e. The third-order valence-electron chi connectivity index (χ3n) is 4.50. The summed E-state index contributed by atoms with van der Waals surface area (Å²) in [5, 5.41) is 35.2. The molecule has 0 aliphatic carbocycles. The van der Waals surface area contributed by atoms with E-state index in [1.165, 1.54) is 18.5 Å². The molecule has 1 aliphatic heterocycles. The molecule has 0 atom stereocenters. The SMILES string of the molecule is Cl.N#Cc1c(-c2cccnc2)[n+]([O-])c2cc(F)c(N3CCOCC3)cc2[n+]1[O-]. The van der Waals surface area contributed by atoms with Crippen molar-refractivity contribution in [2.45, 2.75) is 0 Å². The molecule has 1 fully saturated rings. The summed E-state index contributed by atoms with van der Waals surface area (Å²) in [5.74, 6) is -0.615. The number of hydrogen-bond acceptors (Lipinski definition) is 6. The van der Waals surface area contributed by atoms with Crippen LogP contribution in [0.5, 0.6) is 0 Å². The van der Waals surface area contributed by atoms with Gasteiger partial charge in [0.05, 0.1) is 30.5 Å². The van der Waals surface area contributed by atoms with Crippen molar-refractivity contribution in [1.82, 2.24) is 4.98 Å². The number of benzene rings is 1. The second-order valence-electron chi connectivity index (χ2n) is 6.03. The van der Waals surface area contributed by atoms with Gasteiger partial charge in [0.25, 0.3) is 11.0 Å². The molecule has 0 spiro atoms. The molecule has 1 aromatic carbocycles. The number of nitrogens with zero attached hydrogens (tertiary/aromatic N) is 5.